The van der Waals surface area contributed by atoms with Gasteiger partial charge in [-0.05, 0) is 68.7 Å². The second kappa shape index (κ2) is 10.4. The van der Waals surface area contributed by atoms with Crippen LogP contribution in [0.5, 0.6) is 11.5 Å². The Morgan fingerprint density at radius 1 is 1.00 bits per heavy atom. The van der Waals surface area contributed by atoms with Gasteiger partial charge in [-0.15, -0.1) is 0 Å². The molecular formula is C25H32N4O2. The summed E-state index contributed by atoms with van der Waals surface area (Å²) in [4.78, 5) is 6.71. The van der Waals surface area contributed by atoms with E-state index < -0.39 is 0 Å². The van der Waals surface area contributed by atoms with Crippen molar-refractivity contribution in [2.75, 3.05) is 31.6 Å². The number of pyridine rings is 1. The van der Waals surface area contributed by atoms with Gasteiger partial charge in [-0.25, -0.2) is 0 Å². The minimum atomic E-state index is 0.495. The molecule has 1 aliphatic heterocycles. The Labute approximate surface area is 184 Å². The van der Waals surface area contributed by atoms with Crippen molar-refractivity contribution in [2.45, 2.75) is 39.3 Å². The summed E-state index contributed by atoms with van der Waals surface area (Å²) in [5.41, 5.74) is 3.29. The standard InChI is InChI=1S/C25H32N4O2/c1-3-30-23-16-20(17-24(31-4-2)25(23)29-12-5-6-13-29)19-28-14-9-21(10-15-28)27-22-8-7-11-26-18-22/h5-8,11-13,16-18,21,27H,3-4,9-10,14-15,19H2,1-2H3. The number of likely N-dealkylation sites (tertiary alicyclic amines) is 1. The van der Waals surface area contributed by atoms with Gasteiger partial charge in [0.15, 0.2) is 0 Å². The van der Waals surface area contributed by atoms with Gasteiger partial charge in [0, 0.05) is 50.5 Å². The van der Waals surface area contributed by atoms with Crippen molar-refractivity contribution >= 4 is 5.69 Å². The molecule has 31 heavy (non-hydrogen) atoms. The van der Waals surface area contributed by atoms with Crippen LogP contribution in [0.3, 0.4) is 0 Å². The number of anilines is 1. The first-order chi connectivity index (χ1) is 15.3. The lowest BCUT2D eigenvalue weighted by Gasteiger charge is -2.33. The maximum Gasteiger partial charge on any atom is 0.147 e. The topological polar surface area (TPSA) is 51.6 Å². The van der Waals surface area contributed by atoms with Crippen LogP contribution in [0.1, 0.15) is 32.3 Å². The molecule has 1 aliphatic rings. The molecule has 0 radical (unpaired) electrons. The summed E-state index contributed by atoms with van der Waals surface area (Å²) in [6, 6.07) is 12.9. The molecule has 4 rings (SSSR count). The molecule has 0 unspecified atom stereocenters. The summed E-state index contributed by atoms with van der Waals surface area (Å²) in [5.74, 6) is 1.74. The van der Waals surface area contributed by atoms with Crippen LogP contribution in [-0.4, -0.2) is 46.8 Å². The average molecular weight is 421 g/mol. The molecule has 1 saturated heterocycles. The molecule has 1 N–H and O–H groups in total. The monoisotopic (exact) mass is 420 g/mol. The molecule has 1 fully saturated rings. The quantitative estimate of drug-likeness (QED) is 0.542. The minimum absolute atomic E-state index is 0.495. The smallest absolute Gasteiger partial charge is 0.147 e. The normalized spacial score (nSPS) is 15.0. The first kappa shape index (κ1) is 21.2. The highest BCUT2D eigenvalue weighted by Crippen LogP contribution is 2.35. The van der Waals surface area contributed by atoms with E-state index >= 15 is 0 Å². The highest BCUT2D eigenvalue weighted by Gasteiger charge is 2.21. The van der Waals surface area contributed by atoms with E-state index in [9.17, 15) is 0 Å². The highest BCUT2D eigenvalue weighted by molar-refractivity contribution is 5.59. The van der Waals surface area contributed by atoms with Gasteiger partial charge < -0.3 is 19.4 Å². The van der Waals surface area contributed by atoms with Crippen LogP contribution >= 0.6 is 0 Å². The SMILES string of the molecule is CCOc1cc(CN2CCC(Nc3cccnc3)CC2)cc(OCC)c1-n1cccc1. The molecule has 6 nitrogen and oxygen atoms in total. The molecule has 0 aliphatic carbocycles. The lowest BCUT2D eigenvalue weighted by Crippen LogP contribution is -2.38. The van der Waals surface area contributed by atoms with Crippen molar-refractivity contribution in [3.8, 4) is 17.2 Å². The Kier molecular flexibility index (Phi) is 7.10. The van der Waals surface area contributed by atoms with E-state index in [2.05, 4.69) is 38.0 Å². The van der Waals surface area contributed by atoms with E-state index in [-0.39, 0.29) is 0 Å². The van der Waals surface area contributed by atoms with Crippen LogP contribution < -0.4 is 14.8 Å². The Hall–Kier alpha value is -2.99. The Bertz CT molecular complexity index is 908. The number of hydrogen-bond donors (Lipinski definition) is 1. The molecule has 0 atom stereocenters. The van der Waals surface area contributed by atoms with E-state index in [1.54, 1.807) is 0 Å². The molecule has 0 saturated carbocycles. The molecular weight excluding hydrogens is 388 g/mol. The number of benzene rings is 1. The zero-order chi connectivity index (χ0) is 21.5. The predicted octanol–water partition coefficient (Wildman–Crippen LogP) is 4.75. The van der Waals surface area contributed by atoms with Gasteiger partial charge in [0.1, 0.15) is 17.2 Å². The number of ether oxygens (including phenoxy) is 2. The van der Waals surface area contributed by atoms with Crippen LogP contribution in [0.15, 0.2) is 61.2 Å². The Morgan fingerprint density at radius 2 is 1.68 bits per heavy atom. The number of aromatic nitrogens is 2. The fourth-order valence-electron chi connectivity index (χ4n) is 4.17. The Balaban J connectivity index is 1.46. The van der Waals surface area contributed by atoms with E-state index in [4.69, 9.17) is 9.47 Å². The maximum atomic E-state index is 6.03. The van der Waals surface area contributed by atoms with Gasteiger partial charge in [0.25, 0.3) is 0 Å². The molecule has 164 valence electrons. The van der Waals surface area contributed by atoms with Crippen molar-refractivity contribution in [3.05, 3.63) is 66.7 Å². The summed E-state index contributed by atoms with van der Waals surface area (Å²) in [7, 11) is 0. The van der Waals surface area contributed by atoms with Crippen molar-refractivity contribution in [3.63, 3.8) is 0 Å². The first-order valence-electron chi connectivity index (χ1n) is 11.2. The van der Waals surface area contributed by atoms with E-state index in [0.29, 0.717) is 19.3 Å². The third-order valence-electron chi connectivity index (χ3n) is 5.59. The van der Waals surface area contributed by atoms with Crippen LogP contribution in [0.25, 0.3) is 5.69 Å². The van der Waals surface area contributed by atoms with Crippen LogP contribution in [0.2, 0.25) is 0 Å². The second-order valence-electron chi connectivity index (χ2n) is 7.83. The summed E-state index contributed by atoms with van der Waals surface area (Å²) in [6.07, 6.45) is 9.99. The van der Waals surface area contributed by atoms with Crippen LogP contribution in [-0.2, 0) is 6.54 Å². The number of hydrogen-bond acceptors (Lipinski definition) is 5. The summed E-state index contributed by atoms with van der Waals surface area (Å²) in [6.45, 7) is 8.30. The number of nitrogens with zero attached hydrogens (tertiary/aromatic N) is 3. The lowest BCUT2D eigenvalue weighted by atomic mass is 10.0. The maximum absolute atomic E-state index is 6.03. The fourth-order valence-corrected chi connectivity index (χ4v) is 4.17. The Morgan fingerprint density at radius 3 is 2.26 bits per heavy atom. The van der Waals surface area contributed by atoms with Crippen molar-refractivity contribution < 1.29 is 9.47 Å². The van der Waals surface area contributed by atoms with E-state index in [0.717, 1.165) is 55.3 Å². The fraction of sp³-hybridized carbons (Fsp3) is 0.400. The zero-order valence-electron chi connectivity index (χ0n) is 18.5. The lowest BCUT2D eigenvalue weighted by molar-refractivity contribution is 0.210. The van der Waals surface area contributed by atoms with Crippen LogP contribution in [0, 0.1) is 0 Å². The molecule has 6 heteroatoms. The van der Waals surface area contributed by atoms with E-state index in [1.807, 2.05) is 56.8 Å². The van der Waals surface area contributed by atoms with E-state index in [1.165, 1.54) is 5.56 Å². The van der Waals surface area contributed by atoms with Gasteiger partial charge in [-0.3, -0.25) is 9.88 Å². The molecule has 0 amide bonds. The second-order valence-corrected chi connectivity index (χ2v) is 7.83. The average Bonchev–Trinajstić information content (AvgIpc) is 3.31. The molecule has 1 aromatic carbocycles. The zero-order valence-corrected chi connectivity index (χ0v) is 18.5. The van der Waals surface area contributed by atoms with Gasteiger partial charge in [-0.2, -0.15) is 0 Å². The molecule has 2 aromatic heterocycles. The van der Waals surface area contributed by atoms with Crippen molar-refractivity contribution in [1.82, 2.24) is 14.5 Å². The third kappa shape index (κ3) is 5.39. The third-order valence-corrected chi connectivity index (χ3v) is 5.59. The number of nitrogens with one attached hydrogen (secondary N) is 1. The first-order valence-corrected chi connectivity index (χ1v) is 11.2. The molecule has 0 spiro atoms. The minimum Gasteiger partial charge on any atom is -0.492 e. The van der Waals surface area contributed by atoms with Gasteiger partial charge in [0.2, 0.25) is 0 Å². The largest absolute Gasteiger partial charge is 0.492 e. The van der Waals surface area contributed by atoms with Crippen LogP contribution in [0.4, 0.5) is 5.69 Å². The molecule has 0 bridgehead atoms. The van der Waals surface area contributed by atoms with Gasteiger partial charge in [0.05, 0.1) is 18.9 Å². The van der Waals surface area contributed by atoms with Crippen molar-refractivity contribution in [2.24, 2.45) is 0 Å². The highest BCUT2D eigenvalue weighted by atomic mass is 16.5. The number of piperidine rings is 1. The van der Waals surface area contributed by atoms with Crippen molar-refractivity contribution in [1.29, 1.82) is 0 Å². The predicted molar refractivity (Wildman–Crippen MR) is 124 cm³/mol. The number of rotatable bonds is 9. The summed E-state index contributed by atoms with van der Waals surface area (Å²) < 4.78 is 14.1. The molecule has 3 aromatic rings. The van der Waals surface area contributed by atoms with Gasteiger partial charge in [-0.1, -0.05) is 0 Å². The summed E-state index contributed by atoms with van der Waals surface area (Å²) in [5, 5.41) is 3.61. The molecule has 3 heterocycles. The van der Waals surface area contributed by atoms with Gasteiger partial charge >= 0.3 is 0 Å². The summed E-state index contributed by atoms with van der Waals surface area (Å²) >= 11 is 0.